The number of hydrogen-bond donors (Lipinski definition) is 5. The summed E-state index contributed by atoms with van der Waals surface area (Å²) in [7, 11) is 4.78. The standard InChI is InChI=1S/C57H84O19/c1-30-49(61)39(65-8)26-46(68-30)75-51-33(4)71-48(28-41(51)67-10)76-52-32(3)70-47(27-40(52)66-9)74-50-31(2)69-45(25-38(50)59)72-37-19-20-53(6)36(24-37)18-21-56(63)42(53)29-43(73-44(60)17-16-35-14-12-11-13-15-35)54(7)55(62,34(5)58)22-23-57(54,56)64/h11-18,30-33,37-43,45-52,59,61-64H,19-29H2,1-10H3/b17-16+/t30-,31+,32-,33+,37-,38-,39+,40-,41-,42+,43+,45-,46-,47-,48-,49-,50+,51+,52+,53-,54+,55+,56-,57+/m0/s1. The summed E-state index contributed by atoms with van der Waals surface area (Å²) in [6.07, 6.45) is -3.15. The normalized spacial score (nSPS) is 48.6. The molecule has 24 atom stereocenters. The van der Waals surface area contributed by atoms with Crippen molar-refractivity contribution in [3.05, 3.63) is 53.6 Å². The van der Waals surface area contributed by atoms with E-state index in [1.807, 2.05) is 57.2 Å². The third-order valence-corrected chi connectivity index (χ3v) is 19.3. The maximum Gasteiger partial charge on any atom is 0.331 e. The maximum absolute atomic E-state index is 13.6. The van der Waals surface area contributed by atoms with Crippen LogP contribution in [0.15, 0.2) is 48.1 Å². The van der Waals surface area contributed by atoms with Crippen LogP contribution >= 0.6 is 0 Å². The van der Waals surface area contributed by atoms with Crippen molar-refractivity contribution in [2.45, 2.75) is 247 Å². The average Bonchev–Trinajstić information content (AvgIpc) is 3.65. The van der Waals surface area contributed by atoms with E-state index in [-0.39, 0.29) is 44.3 Å². The number of methoxy groups -OCH3 is 3. The lowest BCUT2D eigenvalue weighted by Gasteiger charge is -2.67. The molecule has 4 aliphatic heterocycles. The molecule has 0 amide bonds. The molecule has 7 fully saturated rings. The summed E-state index contributed by atoms with van der Waals surface area (Å²) in [5, 5.41) is 60.1. The fraction of sp³-hybridized carbons (Fsp3) is 0.789. The Labute approximate surface area is 446 Å². The molecule has 4 saturated heterocycles. The van der Waals surface area contributed by atoms with E-state index in [2.05, 4.69) is 6.92 Å². The number of fused-ring (bicyclic) bond motifs is 5. The summed E-state index contributed by atoms with van der Waals surface area (Å²) in [6, 6.07) is 9.27. The smallest absolute Gasteiger partial charge is 0.331 e. The molecule has 1 aromatic rings. The van der Waals surface area contributed by atoms with Gasteiger partial charge < -0.3 is 82.4 Å². The van der Waals surface area contributed by atoms with Crippen LogP contribution in [0.2, 0.25) is 0 Å². The highest BCUT2D eigenvalue weighted by Gasteiger charge is 2.81. The number of carbonyl (C=O) groups is 2. The van der Waals surface area contributed by atoms with Crippen molar-refractivity contribution >= 4 is 17.8 Å². The summed E-state index contributed by atoms with van der Waals surface area (Å²) >= 11 is 0. The first kappa shape index (κ1) is 57.9. The van der Waals surface area contributed by atoms with Crippen molar-refractivity contribution in [3.63, 3.8) is 0 Å². The number of aliphatic hydroxyl groups excluding tert-OH is 2. The minimum absolute atomic E-state index is 0.0615. The van der Waals surface area contributed by atoms with Gasteiger partial charge >= 0.3 is 5.97 Å². The van der Waals surface area contributed by atoms with Crippen LogP contribution < -0.4 is 0 Å². The molecule has 9 rings (SSSR count). The van der Waals surface area contributed by atoms with Gasteiger partial charge in [0.1, 0.15) is 47.3 Å². The maximum atomic E-state index is 13.6. The van der Waals surface area contributed by atoms with E-state index in [1.54, 1.807) is 41.3 Å². The zero-order chi connectivity index (χ0) is 54.7. The molecular formula is C57H84O19. The second-order valence-electron chi connectivity index (χ2n) is 23.4. The van der Waals surface area contributed by atoms with Gasteiger partial charge in [0.25, 0.3) is 0 Å². The summed E-state index contributed by atoms with van der Waals surface area (Å²) in [5.41, 5.74) is -6.35. The molecule has 0 spiro atoms. The molecular weight excluding hydrogens is 989 g/mol. The summed E-state index contributed by atoms with van der Waals surface area (Å²) < 4.78 is 74.7. The van der Waals surface area contributed by atoms with Crippen molar-refractivity contribution in [1.82, 2.24) is 0 Å². The lowest BCUT2D eigenvalue weighted by molar-refractivity contribution is -0.346. The average molecular weight is 1070 g/mol. The van der Waals surface area contributed by atoms with Gasteiger partial charge in [0.15, 0.2) is 30.9 Å². The fourth-order valence-corrected chi connectivity index (χ4v) is 14.8. The number of benzene rings is 1. The summed E-state index contributed by atoms with van der Waals surface area (Å²) in [4.78, 5) is 26.9. The number of carbonyl (C=O) groups excluding carboxylic acids is 2. The Morgan fingerprint density at radius 2 is 1.21 bits per heavy atom. The van der Waals surface area contributed by atoms with E-state index < -0.39 is 144 Å². The molecule has 3 saturated carbocycles. The van der Waals surface area contributed by atoms with Crippen LogP contribution in [0.1, 0.15) is 125 Å². The third kappa shape index (κ3) is 10.3. The van der Waals surface area contributed by atoms with Gasteiger partial charge in [-0.05, 0) is 104 Å². The van der Waals surface area contributed by atoms with Crippen molar-refractivity contribution < 1.29 is 92.0 Å². The quantitative estimate of drug-likeness (QED) is 0.0917. The first-order chi connectivity index (χ1) is 36.0. The van der Waals surface area contributed by atoms with Gasteiger partial charge in [0.2, 0.25) is 0 Å². The van der Waals surface area contributed by atoms with Gasteiger partial charge in [-0.3, -0.25) is 4.79 Å². The number of Topliss-reactive ketones (excluding diaryl/α,β-unsaturated/α-hetero) is 1. The number of ketones is 1. The van der Waals surface area contributed by atoms with E-state index in [1.165, 1.54) is 13.0 Å². The van der Waals surface area contributed by atoms with Crippen LogP contribution in [0.4, 0.5) is 0 Å². The Balaban J connectivity index is 0.798. The highest BCUT2D eigenvalue weighted by molar-refractivity contribution is 5.88. The molecule has 426 valence electrons. The van der Waals surface area contributed by atoms with Gasteiger partial charge in [-0.1, -0.05) is 48.9 Å². The number of hydrogen-bond acceptors (Lipinski definition) is 19. The van der Waals surface area contributed by atoms with Crippen LogP contribution in [0.25, 0.3) is 6.08 Å². The molecule has 0 bridgehead atoms. The number of esters is 1. The molecule has 76 heavy (non-hydrogen) atoms. The zero-order valence-corrected chi connectivity index (χ0v) is 45.8. The second kappa shape index (κ2) is 22.6. The van der Waals surface area contributed by atoms with Crippen molar-refractivity contribution in [3.8, 4) is 0 Å². The number of rotatable bonds is 15. The van der Waals surface area contributed by atoms with Gasteiger partial charge in [-0.25, -0.2) is 4.79 Å². The molecule has 1 aromatic carbocycles. The Bertz CT molecular complexity index is 2240. The Morgan fingerprint density at radius 1 is 0.671 bits per heavy atom. The fourth-order valence-electron chi connectivity index (χ4n) is 14.8. The summed E-state index contributed by atoms with van der Waals surface area (Å²) in [6.45, 7) is 12.3. The lowest BCUT2D eigenvalue weighted by atomic mass is 9.42. The monoisotopic (exact) mass is 1070 g/mol. The first-order valence-electron chi connectivity index (χ1n) is 27.5. The zero-order valence-electron chi connectivity index (χ0n) is 45.8. The van der Waals surface area contributed by atoms with E-state index in [9.17, 15) is 35.1 Å². The Kier molecular flexibility index (Phi) is 17.2. The highest BCUT2D eigenvalue weighted by atomic mass is 16.8. The van der Waals surface area contributed by atoms with Gasteiger partial charge in [0, 0.05) is 59.0 Å². The van der Waals surface area contributed by atoms with Crippen LogP contribution in [0.5, 0.6) is 0 Å². The molecule has 0 unspecified atom stereocenters. The van der Waals surface area contributed by atoms with Crippen molar-refractivity contribution in [2.75, 3.05) is 21.3 Å². The predicted octanol–water partition coefficient (Wildman–Crippen LogP) is 4.58. The predicted molar refractivity (Wildman–Crippen MR) is 271 cm³/mol. The largest absolute Gasteiger partial charge is 0.458 e. The van der Waals surface area contributed by atoms with Crippen molar-refractivity contribution in [2.24, 2.45) is 16.7 Å². The van der Waals surface area contributed by atoms with Crippen LogP contribution in [-0.2, 0) is 66.4 Å². The van der Waals surface area contributed by atoms with E-state index in [0.717, 1.165) is 11.1 Å². The molecule has 0 radical (unpaired) electrons. The minimum atomic E-state index is -2.06. The molecule has 4 heterocycles. The molecule has 19 heteroatoms. The van der Waals surface area contributed by atoms with Crippen LogP contribution in [0.3, 0.4) is 0 Å². The van der Waals surface area contributed by atoms with Crippen LogP contribution in [-0.4, -0.2) is 186 Å². The molecule has 19 nitrogen and oxygen atoms in total. The lowest BCUT2D eigenvalue weighted by Crippen LogP contribution is -2.78. The van der Waals surface area contributed by atoms with E-state index >= 15 is 0 Å². The SMILES string of the molecule is CO[C@H]1C[C@H](O[C@H]2[C@@H](O)C[C@H](O[C@H]3CC[C@@]4(C)C(=CC[C@]5(O)[C@@H]4C[C@@H](OC(=O)/C=C/c4ccccc4)[C@@]4(C)[C@]5(O)CC[C@@]4(O)C(C)=O)C3)O[C@@H]2C)O[C@@H](C)[C@H]1O[C@H]1C[C@H](OC)[C@H](O[C@H]2C[C@@H](OC)[C@@H](O)[C@H](C)O2)[C@@H](C)O1. The van der Waals surface area contributed by atoms with E-state index in [4.69, 9.17) is 56.8 Å². The van der Waals surface area contributed by atoms with Gasteiger partial charge in [-0.2, -0.15) is 0 Å². The highest BCUT2D eigenvalue weighted by Crippen LogP contribution is 2.71. The number of ether oxygens (including phenoxy) is 12. The second-order valence-corrected chi connectivity index (χ2v) is 23.4. The van der Waals surface area contributed by atoms with Gasteiger partial charge in [-0.15, -0.1) is 0 Å². The third-order valence-electron chi connectivity index (χ3n) is 19.3. The molecule has 4 aliphatic carbocycles. The topological polar surface area (TPSA) is 246 Å². The minimum Gasteiger partial charge on any atom is -0.458 e. The molecule has 8 aliphatic rings. The van der Waals surface area contributed by atoms with E-state index in [0.29, 0.717) is 38.5 Å². The Hall–Kier alpha value is -2.80. The molecule has 5 N–H and O–H groups in total. The van der Waals surface area contributed by atoms with Gasteiger partial charge in [0.05, 0.1) is 60.4 Å². The summed E-state index contributed by atoms with van der Waals surface area (Å²) in [5.74, 6) is -1.84. The number of aliphatic hydroxyl groups is 5. The first-order valence-corrected chi connectivity index (χ1v) is 27.5. The van der Waals surface area contributed by atoms with Crippen LogP contribution in [0, 0.1) is 16.7 Å². The van der Waals surface area contributed by atoms with Crippen molar-refractivity contribution in [1.29, 1.82) is 0 Å². The Morgan fingerprint density at radius 3 is 1.78 bits per heavy atom. The molecule has 0 aromatic heterocycles.